The first-order valence-corrected chi connectivity index (χ1v) is 11.1. The Morgan fingerprint density at radius 1 is 1.00 bits per heavy atom. The average molecular weight is 477 g/mol. The Balaban J connectivity index is 1.60. The van der Waals surface area contributed by atoms with Crippen LogP contribution in [0.15, 0.2) is 84.9 Å². The molecule has 1 heterocycles. The largest absolute Gasteiger partial charge is 0.330 e. The smallest absolute Gasteiger partial charge is 0.255 e. The van der Waals surface area contributed by atoms with E-state index in [1.807, 2.05) is 30.3 Å². The molecule has 0 radical (unpaired) electrons. The zero-order valence-electron chi connectivity index (χ0n) is 18.4. The molecule has 172 valence electrons. The molecule has 4 aromatic rings. The van der Waals surface area contributed by atoms with Crippen molar-refractivity contribution in [3.8, 4) is 16.9 Å². The maximum absolute atomic E-state index is 13.5. The van der Waals surface area contributed by atoms with Crippen LogP contribution in [0, 0.1) is 5.82 Å². The highest BCUT2D eigenvalue weighted by atomic mass is 35.5. The number of rotatable bonds is 7. The van der Waals surface area contributed by atoms with E-state index in [0.29, 0.717) is 34.3 Å². The Morgan fingerprint density at radius 2 is 1.68 bits per heavy atom. The molecule has 3 aromatic carbocycles. The van der Waals surface area contributed by atoms with Crippen LogP contribution in [0.3, 0.4) is 0 Å². The van der Waals surface area contributed by atoms with E-state index in [1.165, 1.54) is 21.7 Å². The summed E-state index contributed by atoms with van der Waals surface area (Å²) in [5.41, 5.74) is 2.42. The molecule has 0 spiro atoms. The van der Waals surface area contributed by atoms with Crippen LogP contribution in [-0.2, 0) is 4.79 Å². The molecule has 6 nitrogen and oxygen atoms in total. The van der Waals surface area contributed by atoms with Gasteiger partial charge in [0.2, 0.25) is 5.91 Å². The Labute approximate surface area is 201 Å². The predicted octanol–water partition coefficient (Wildman–Crippen LogP) is 5.43. The van der Waals surface area contributed by atoms with Gasteiger partial charge >= 0.3 is 0 Å². The van der Waals surface area contributed by atoms with Crippen LogP contribution in [0.1, 0.15) is 17.3 Å². The van der Waals surface area contributed by atoms with Crippen LogP contribution in [0.2, 0.25) is 5.02 Å². The highest BCUT2D eigenvalue weighted by molar-refractivity contribution is 6.33. The van der Waals surface area contributed by atoms with Crippen molar-refractivity contribution in [1.29, 1.82) is 0 Å². The van der Waals surface area contributed by atoms with Crippen molar-refractivity contribution in [3.05, 3.63) is 101 Å². The van der Waals surface area contributed by atoms with Crippen LogP contribution in [0.4, 0.5) is 10.2 Å². The Kier molecular flexibility index (Phi) is 7.04. The molecule has 0 bridgehead atoms. The van der Waals surface area contributed by atoms with E-state index in [-0.39, 0.29) is 18.3 Å². The zero-order valence-corrected chi connectivity index (χ0v) is 19.2. The summed E-state index contributed by atoms with van der Waals surface area (Å²) >= 11 is 6.16. The monoisotopic (exact) mass is 476 g/mol. The number of amides is 2. The fraction of sp³-hybridized carbons (Fsp3) is 0.115. The summed E-state index contributed by atoms with van der Waals surface area (Å²) in [6, 6.07) is 23.8. The maximum atomic E-state index is 13.5. The molecular formula is C26H22ClFN4O2. The number of carbonyl (C=O) groups excluding carboxylic acids is 2. The molecule has 2 amide bonds. The lowest BCUT2D eigenvalue weighted by atomic mass is 10.1. The molecule has 0 aliphatic rings. The molecule has 4 rings (SSSR count). The third-order valence-corrected chi connectivity index (χ3v) is 5.55. The summed E-state index contributed by atoms with van der Waals surface area (Å²) in [5, 5.41) is 7.78. The lowest BCUT2D eigenvalue weighted by Gasteiger charge is -2.21. The molecule has 0 unspecified atom stereocenters. The van der Waals surface area contributed by atoms with Gasteiger partial charge in [0.25, 0.3) is 5.91 Å². The second kappa shape index (κ2) is 10.3. The van der Waals surface area contributed by atoms with E-state index in [0.717, 1.165) is 5.56 Å². The van der Waals surface area contributed by atoms with Crippen molar-refractivity contribution in [2.45, 2.75) is 6.92 Å². The predicted molar refractivity (Wildman–Crippen MR) is 131 cm³/mol. The quantitative estimate of drug-likeness (QED) is 0.386. The average Bonchev–Trinajstić information content (AvgIpc) is 3.27. The fourth-order valence-corrected chi connectivity index (χ4v) is 3.70. The van der Waals surface area contributed by atoms with Gasteiger partial charge in [0.15, 0.2) is 0 Å². The maximum Gasteiger partial charge on any atom is 0.255 e. The second-order valence-electron chi connectivity index (χ2n) is 7.52. The van der Waals surface area contributed by atoms with Gasteiger partial charge in [-0.3, -0.25) is 9.59 Å². The third kappa shape index (κ3) is 5.15. The minimum Gasteiger partial charge on any atom is -0.330 e. The van der Waals surface area contributed by atoms with Crippen LogP contribution >= 0.6 is 11.6 Å². The second-order valence-corrected chi connectivity index (χ2v) is 7.92. The summed E-state index contributed by atoms with van der Waals surface area (Å²) in [6.45, 7) is 1.94. The van der Waals surface area contributed by atoms with E-state index in [1.54, 1.807) is 49.4 Å². The highest BCUT2D eigenvalue weighted by Gasteiger charge is 2.21. The number of likely N-dealkylation sites (N-methyl/N-ethyl adjacent to an activating group) is 1. The first kappa shape index (κ1) is 23.2. The Hall–Kier alpha value is -3.97. The summed E-state index contributed by atoms with van der Waals surface area (Å²) in [6.07, 6.45) is 0. The molecule has 8 heteroatoms. The number of hydrogen-bond donors (Lipinski definition) is 1. The van der Waals surface area contributed by atoms with Crippen LogP contribution < -0.4 is 5.32 Å². The number of carbonyl (C=O) groups is 2. The number of nitrogens with zero attached hydrogens (tertiary/aromatic N) is 3. The van der Waals surface area contributed by atoms with E-state index >= 15 is 0 Å². The van der Waals surface area contributed by atoms with Crippen molar-refractivity contribution >= 4 is 29.2 Å². The molecule has 0 aliphatic heterocycles. The van der Waals surface area contributed by atoms with E-state index in [9.17, 15) is 14.0 Å². The van der Waals surface area contributed by atoms with Crippen LogP contribution in [-0.4, -0.2) is 39.6 Å². The number of anilines is 1. The van der Waals surface area contributed by atoms with Gasteiger partial charge < -0.3 is 10.2 Å². The van der Waals surface area contributed by atoms with Crippen molar-refractivity contribution in [2.24, 2.45) is 0 Å². The Bertz CT molecular complexity index is 1310. The SMILES string of the molecule is CCN(CC(=O)Nc1cc(-c2ccccc2)nn1-c1ccc(F)cc1)C(=O)c1ccccc1Cl. The molecule has 34 heavy (non-hydrogen) atoms. The number of halogens is 2. The summed E-state index contributed by atoms with van der Waals surface area (Å²) in [4.78, 5) is 27.3. The number of aromatic nitrogens is 2. The normalized spacial score (nSPS) is 10.7. The summed E-state index contributed by atoms with van der Waals surface area (Å²) in [5.74, 6) is -0.705. The number of nitrogens with one attached hydrogen (secondary N) is 1. The fourth-order valence-electron chi connectivity index (χ4n) is 3.49. The molecule has 0 atom stereocenters. The van der Waals surface area contributed by atoms with Gasteiger partial charge in [-0.2, -0.15) is 5.10 Å². The van der Waals surface area contributed by atoms with Gasteiger partial charge in [-0.05, 0) is 43.3 Å². The molecule has 0 saturated heterocycles. The lowest BCUT2D eigenvalue weighted by molar-refractivity contribution is -0.116. The first-order chi connectivity index (χ1) is 16.5. The third-order valence-electron chi connectivity index (χ3n) is 5.23. The first-order valence-electron chi connectivity index (χ1n) is 10.7. The topological polar surface area (TPSA) is 67.2 Å². The van der Waals surface area contributed by atoms with E-state index in [2.05, 4.69) is 10.4 Å². The number of hydrogen-bond acceptors (Lipinski definition) is 3. The van der Waals surface area contributed by atoms with Crippen molar-refractivity contribution < 1.29 is 14.0 Å². The molecule has 1 N–H and O–H groups in total. The molecule has 0 saturated carbocycles. The van der Waals surface area contributed by atoms with Crippen LogP contribution in [0.25, 0.3) is 16.9 Å². The summed E-state index contributed by atoms with van der Waals surface area (Å²) in [7, 11) is 0. The van der Waals surface area contributed by atoms with Crippen molar-refractivity contribution in [2.75, 3.05) is 18.4 Å². The van der Waals surface area contributed by atoms with Crippen LogP contribution in [0.5, 0.6) is 0 Å². The zero-order chi connectivity index (χ0) is 24.1. The van der Waals surface area contributed by atoms with Gasteiger partial charge in [0, 0.05) is 18.2 Å². The lowest BCUT2D eigenvalue weighted by Crippen LogP contribution is -2.38. The van der Waals surface area contributed by atoms with Gasteiger partial charge in [-0.15, -0.1) is 0 Å². The van der Waals surface area contributed by atoms with Gasteiger partial charge in [-0.25, -0.2) is 9.07 Å². The van der Waals surface area contributed by atoms with Gasteiger partial charge in [0.1, 0.15) is 18.2 Å². The minimum atomic E-state index is -0.398. The molecule has 0 aliphatic carbocycles. The Morgan fingerprint density at radius 3 is 2.35 bits per heavy atom. The van der Waals surface area contributed by atoms with Gasteiger partial charge in [0.05, 0.1) is 22.0 Å². The summed E-state index contributed by atoms with van der Waals surface area (Å²) < 4.78 is 15.0. The van der Waals surface area contributed by atoms with E-state index in [4.69, 9.17) is 11.6 Å². The number of benzene rings is 3. The van der Waals surface area contributed by atoms with E-state index < -0.39 is 5.91 Å². The molecule has 0 fully saturated rings. The highest BCUT2D eigenvalue weighted by Crippen LogP contribution is 2.25. The standard InChI is InChI=1S/C26H22ClFN4O2/c1-2-31(26(34)21-10-6-7-11-22(21)27)17-25(33)29-24-16-23(18-8-4-3-5-9-18)30-32(24)20-14-12-19(28)13-15-20/h3-16H,2,17H2,1H3,(H,29,33). The van der Waals surface area contributed by atoms with Crippen molar-refractivity contribution in [3.63, 3.8) is 0 Å². The molecule has 1 aromatic heterocycles. The molecular weight excluding hydrogens is 455 g/mol. The van der Waals surface area contributed by atoms with Gasteiger partial charge in [-0.1, -0.05) is 54.1 Å². The minimum absolute atomic E-state index is 0.171. The van der Waals surface area contributed by atoms with Crippen molar-refractivity contribution in [1.82, 2.24) is 14.7 Å².